The number of aliphatic hydroxyl groups is 1. The van der Waals surface area contributed by atoms with Gasteiger partial charge in [-0.2, -0.15) is 4.98 Å². The van der Waals surface area contributed by atoms with Crippen molar-refractivity contribution in [2.24, 2.45) is 0 Å². The Kier molecular flexibility index (Phi) is 9.98. The van der Waals surface area contributed by atoms with Gasteiger partial charge in [-0.25, -0.2) is 21.5 Å². The quantitative estimate of drug-likeness (QED) is 0.258. The van der Waals surface area contributed by atoms with Crippen molar-refractivity contribution in [1.29, 1.82) is 0 Å². The zero-order chi connectivity index (χ0) is 27.2. The molecule has 200 valence electrons. The highest BCUT2D eigenvalue weighted by molar-refractivity contribution is 14.1. The molecule has 3 N–H and O–H groups in total. The number of sulfonamides is 1. The molecule has 2 atom stereocenters. The summed E-state index contributed by atoms with van der Waals surface area (Å²) in [6, 6.07) is 9.73. The molecule has 1 aromatic heterocycles. The average Bonchev–Trinajstić information content (AvgIpc) is 3.25. The van der Waals surface area contributed by atoms with Crippen LogP contribution in [-0.4, -0.2) is 56.4 Å². The predicted molar refractivity (Wildman–Crippen MR) is 142 cm³/mol. The van der Waals surface area contributed by atoms with Crippen LogP contribution in [0.5, 0.6) is 0 Å². The van der Waals surface area contributed by atoms with E-state index in [-0.39, 0.29) is 36.7 Å². The van der Waals surface area contributed by atoms with Gasteiger partial charge in [-0.15, -0.1) is 0 Å². The van der Waals surface area contributed by atoms with Gasteiger partial charge in [0.05, 0.1) is 30.5 Å². The lowest BCUT2D eigenvalue weighted by Crippen LogP contribution is -2.49. The second-order valence-electron chi connectivity index (χ2n) is 8.51. The molecule has 3 aromatic rings. The van der Waals surface area contributed by atoms with Crippen molar-refractivity contribution < 1.29 is 31.5 Å². The first kappa shape index (κ1) is 28.9. The molecular weight excluding hydrogens is 621 g/mol. The molecular formula is C24H27F2IN4O5S. The molecule has 0 bridgehead atoms. The fraction of sp³-hybridized carbons (Fsp3) is 0.333. The minimum absolute atomic E-state index is 0.0343. The third-order valence-electron chi connectivity index (χ3n) is 5.41. The third kappa shape index (κ3) is 9.02. The molecule has 9 nitrogen and oxygen atoms in total. The molecule has 3 rings (SSSR count). The van der Waals surface area contributed by atoms with Gasteiger partial charge in [0.25, 0.3) is 0 Å². The van der Waals surface area contributed by atoms with Crippen molar-refractivity contribution in [3.8, 4) is 0 Å². The predicted octanol–water partition coefficient (Wildman–Crippen LogP) is 2.37. The van der Waals surface area contributed by atoms with Gasteiger partial charge in [0.1, 0.15) is 17.9 Å². The first-order valence-corrected chi connectivity index (χ1v) is 14.1. The summed E-state index contributed by atoms with van der Waals surface area (Å²) in [6.07, 6.45) is 0.747. The Balaban J connectivity index is 1.68. The lowest BCUT2D eigenvalue weighted by molar-refractivity contribution is -0.122. The molecule has 1 amide bonds. The summed E-state index contributed by atoms with van der Waals surface area (Å²) in [7, 11) is -2.34. The summed E-state index contributed by atoms with van der Waals surface area (Å²) >= 11 is 2.20. The molecule has 0 fully saturated rings. The maximum Gasteiger partial charge on any atom is 0.311 e. The van der Waals surface area contributed by atoms with E-state index >= 15 is 0 Å². The number of carbonyl (C=O) groups excluding carboxylic acids is 1. The van der Waals surface area contributed by atoms with E-state index in [2.05, 4.69) is 38.2 Å². The second-order valence-corrected chi connectivity index (χ2v) is 11.8. The van der Waals surface area contributed by atoms with Crippen LogP contribution in [0, 0.1) is 15.2 Å². The number of aliphatic hydroxyl groups excluding tert-OH is 1. The van der Waals surface area contributed by atoms with Gasteiger partial charge in [-0.1, -0.05) is 12.1 Å². The maximum absolute atomic E-state index is 13.7. The number of anilines is 1. The Bertz CT molecular complexity index is 1320. The van der Waals surface area contributed by atoms with E-state index in [1.54, 1.807) is 0 Å². The molecule has 13 heteroatoms. The highest BCUT2D eigenvalue weighted by Gasteiger charge is 2.24. The van der Waals surface area contributed by atoms with Gasteiger partial charge in [0.15, 0.2) is 0 Å². The molecule has 0 saturated carbocycles. The molecule has 0 aliphatic carbocycles. The van der Waals surface area contributed by atoms with E-state index in [4.69, 9.17) is 4.42 Å². The van der Waals surface area contributed by atoms with E-state index in [0.717, 1.165) is 44.2 Å². The van der Waals surface area contributed by atoms with E-state index in [9.17, 15) is 27.1 Å². The van der Waals surface area contributed by atoms with Gasteiger partial charge in [-0.05, 0) is 64.4 Å². The van der Waals surface area contributed by atoms with Crippen LogP contribution in [0.1, 0.15) is 16.8 Å². The summed E-state index contributed by atoms with van der Waals surface area (Å²) in [5, 5.41) is 16.7. The van der Waals surface area contributed by atoms with Gasteiger partial charge in [0.2, 0.25) is 15.9 Å². The van der Waals surface area contributed by atoms with E-state index in [0.29, 0.717) is 6.54 Å². The molecule has 2 aromatic carbocycles. The number of oxazole rings is 1. The van der Waals surface area contributed by atoms with Gasteiger partial charge in [0, 0.05) is 29.8 Å². The number of rotatable bonds is 12. The standard InChI is InChI=1S/C24H27F2IN4O5S/c1-31(37(2,34)35)24-29-20(14-36-24)11-23(33)30-21(9-16-6-17(25)10-18(26)7-16)22(32)13-28-12-15-4-3-5-19(27)8-15/h3-8,10,14,21-22,28,32H,9,11-13H2,1-2H3,(H,30,33)/t21-,22+/m0/s1. The number of halogens is 3. The summed E-state index contributed by atoms with van der Waals surface area (Å²) < 4.78 is 57.8. The number of amides is 1. The first-order chi connectivity index (χ1) is 17.4. The molecule has 0 saturated heterocycles. The van der Waals surface area contributed by atoms with Crippen molar-refractivity contribution >= 4 is 44.5 Å². The molecule has 1 heterocycles. The van der Waals surface area contributed by atoms with Crippen molar-refractivity contribution in [1.82, 2.24) is 15.6 Å². The van der Waals surface area contributed by atoms with E-state index in [1.165, 1.54) is 7.05 Å². The summed E-state index contributed by atoms with van der Waals surface area (Å²) in [5.41, 5.74) is 1.44. The van der Waals surface area contributed by atoms with Crippen LogP contribution in [0.4, 0.5) is 14.8 Å². The number of hydrogen-bond acceptors (Lipinski definition) is 7. The van der Waals surface area contributed by atoms with Crippen LogP contribution in [0.25, 0.3) is 0 Å². The molecule has 0 aliphatic heterocycles. The normalized spacial score (nSPS) is 13.2. The minimum atomic E-state index is -3.60. The van der Waals surface area contributed by atoms with E-state index < -0.39 is 39.7 Å². The Morgan fingerprint density at radius 2 is 1.89 bits per heavy atom. The van der Waals surface area contributed by atoms with Crippen LogP contribution in [0.3, 0.4) is 0 Å². The lowest BCUT2D eigenvalue weighted by Gasteiger charge is -2.25. The van der Waals surface area contributed by atoms with E-state index in [1.807, 2.05) is 24.3 Å². The fourth-order valence-electron chi connectivity index (χ4n) is 3.51. The fourth-order valence-corrected chi connectivity index (χ4v) is 4.48. The number of carbonyl (C=O) groups is 1. The maximum atomic E-state index is 13.7. The number of benzene rings is 2. The number of nitrogens with zero attached hydrogens (tertiary/aromatic N) is 2. The highest BCUT2D eigenvalue weighted by atomic mass is 127. The first-order valence-electron chi connectivity index (χ1n) is 11.2. The average molecular weight is 648 g/mol. The van der Waals surface area contributed by atoms with Crippen molar-refractivity contribution in [3.63, 3.8) is 0 Å². The molecule has 0 unspecified atom stereocenters. The second kappa shape index (κ2) is 12.8. The number of aromatic nitrogens is 1. The van der Waals surface area contributed by atoms with Crippen LogP contribution < -0.4 is 14.9 Å². The Hall–Kier alpha value is -2.62. The SMILES string of the molecule is CN(c1nc(CC(=O)N[C@@H](Cc2cc(F)cc(F)c2)[C@H](O)CNCc2cccc(I)c2)co1)S(C)(=O)=O. The van der Waals surface area contributed by atoms with Gasteiger partial charge < -0.3 is 20.2 Å². The lowest BCUT2D eigenvalue weighted by atomic mass is 10.00. The zero-order valence-corrected chi connectivity index (χ0v) is 23.1. The van der Waals surface area contributed by atoms with Crippen molar-refractivity contribution in [3.05, 3.63) is 80.8 Å². The van der Waals surface area contributed by atoms with Crippen LogP contribution in [0.15, 0.2) is 53.1 Å². The van der Waals surface area contributed by atoms with Crippen molar-refractivity contribution in [2.75, 3.05) is 24.2 Å². The van der Waals surface area contributed by atoms with Gasteiger partial charge in [-0.3, -0.25) is 4.79 Å². The largest absolute Gasteiger partial charge is 0.431 e. The molecule has 0 spiro atoms. The van der Waals surface area contributed by atoms with Crippen LogP contribution >= 0.6 is 22.6 Å². The Morgan fingerprint density at radius 1 is 1.19 bits per heavy atom. The van der Waals surface area contributed by atoms with Crippen LogP contribution in [-0.2, 0) is 34.2 Å². The topological polar surface area (TPSA) is 125 Å². The Labute approximate surface area is 227 Å². The van der Waals surface area contributed by atoms with Gasteiger partial charge >= 0.3 is 6.01 Å². The third-order valence-corrected chi connectivity index (χ3v) is 7.23. The number of nitrogens with one attached hydrogen (secondary N) is 2. The number of hydrogen-bond donors (Lipinski definition) is 3. The highest BCUT2D eigenvalue weighted by Crippen LogP contribution is 2.16. The summed E-state index contributed by atoms with van der Waals surface area (Å²) in [4.78, 5) is 16.8. The Morgan fingerprint density at radius 3 is 2.54 bits per heavy atom. The van der Waals surface area contributed by atoms with Crippen LogP contribution in [0.2, 0.25) is 0 Å². The monoisotopic (exact) mass is 648 g/mol. The summed E-state index contributed by atoms with van der Waals surface area (Å²) in [5.74, 6) is -2.08. The summed E-state index contributed by atoms with van der Waals surface area (Å²) in [6.45, 7) is 0.570. The molecule has 0 aliphatic rings. The molecule has 37 heavy (non-hydrogen) atoms. The smallest absolute Gasteiger partial charge is 0.311 e. The van der Waals surface area contributed by atoms with Crippen molar-refractivity contribution in [2.45, 2.75) is 31.5 Å². The molecule has 0 radical (unpaired) electrons. The zero-order valence-electron chi connectivity index (χ0n) is 20.1. The minimum Gasteiger partial charge on any atom is -0.431 e.